The Labute approximate surface area is 189 Å². The van der Waals surface area contributed by atoms with Crippen LogP contribution in [-0.2, 0) is 22.7 Å². The van der Waals surface area contributed by atoms with E-state index in [1.54, 1.807) is 6.92 Å². The summed E-state index contributed by atoms with van der Waals surface area (Å²) in [5.74, 6) is 0.221. The molecule has 0 bridgehead atoms. The van der Waals surface area contributed by atoms with E-state index in [4.69, 9.17) is 34.7 Å². The van der Waals surface area contributed by atoms with E-state index in [9.17, 15) is 34.8 Å². The average Bonchev–Trinajstić information content (AvgIpc) is 2.87. The summed E-state index contributed by atoms with van der Waals surface area (Å²) in [7, 11) is -2.84. The maximum atomic E-state index is 12.7. The molecule has 32 heavy (non-hydrogen) atoms. The van der Waals surface area contributed by atoms with E-state index in [-0.39, 0.29) is 32.4 Å². The van der Waals surface area contributed by atoms with Crippen LogP contribution >= 0.6 is 23.2 Å². The maximum absolute atomic E-state index is 12.7. The van der Waals surface area contributed by atoms with Crippen molar-refractivity contribution >= 4 is 39.0 Å². The van der Waals surface area contributed by atoms with Gasteiger partial charge in [-0.3, -0.25) is 0 Å². The number of nitrogens with two attached hydrogens (primary N) is 2. The lowest BCUT2D eigenvalue weighted by Crippen LogP contribution is -2.34. The molecular formula is C16H19Cl2F6N5O2S. The second-order valence-electron chi connectivity index (χ2n) is 6.49. The molecule has 182 valence electrons. The van der Waals surface area contributed by atoms with E-state index in [0.717, 1.165) is 25.4 Å². The van der Waals surface area contributed by atoms with Crippen LogP contribution in [-0.4, -0.2) is 48.5 Å². The molecule has 0 radical (unpaired) electrons. The predicted molar refractivity (Wildman–Crippen MR) is 109 cm³/mol. The number of hydrogen-bond acceptors (Lipinski definition) is 5. The molecule has 0 amide bonds. The number of rotatable bonds is 4. The lowest BCUT2D eigenvalue weighted by Gasteiger charge is -2.15. The minimum absolute atomic E-state index is 0.0895. The summed E-state index contributed by atoms with van der Waals surface area (Å²) < 4.78 is 95.0. The molecule has 1 heterocycles. The number of halogens is 8. The van der Waals surface area contributed by atoms with Crippen molar-refractivity contribution in [1.29, 1.82) is 0 Å². The van der Waals surface area contributed by atoms with Crippen molar-refractivity contribution in [2.24, 2.45) is 5.73 Å². The van der Waals surface area contributed by atoms with E-state index < -0.39 is 34.5 Å². The van der Waals surface area contributed by atoms with Gasteiger partial charge in [0, 0.05) is 19.2 Å². The van der Waals surface area contributed by atoms with Crippen LogP contribution in [0.4, 0.5) is 32.2 Å². The van der Waals surface area contributed by atoms with Crippen LogP contribution in [0.25, 0.3) is 5.69 Å². The van der Waals surface area contributed by atoms with Gasteiger partial charge in [-0.2, -0.15) is 35.7 Å². The molecule has 1 aromatic heterocycles. The van der Waals surface area contributed by atoms with Gasteiger partial charge in [-0.1, -0.05) is 23.2 Å². The van der Waals surface area contributed by atoms with Crippen LogP contribution < -0.4 is 11.5 Å². The van der Waals surface area contributed by atoms with Crippen molar-refractivity contribution < 1.29 is 34.8 Å². The topological polar surface area (TPSA) is 107 Å². The smallest absolute Gasteiger partial charge is 0.383 e. The zero-order valence-electron chi connectivity index (χ0n) is 16.8. The summed E-state index contributed by atoms with van der Waals surface area (Å²) in [4.78, 5) is 0. The van der Waals surface area contributed by atoms with Crippen molar-refractivity contribution in [3.05, 3.63) is 39.0 Å². The first-order chi connectivity index (χ1) is 14.3. The molecule has 0 saturated carbocycles. The summed E-state index contributed by atoms with van der Waals surface area (Å²) >= 11 is 11.8. The average molecular weight is 530 g/mol. The van der Waals surface area contributed by atoms with Crippen LogP contribution in [0.15, 0.2) is 12.1 Å². The molecule has 0 spiro atoms. The second kappa shape index (κ2) is 10.0. The highest BCUT2D eigenvalue weighted by Crippen LogP contribution is 2.38. The number of nitrogens with zero attached hydrogens (tertiary/aromatic N) is 3. The van der Waals surface area contributed by atoms with Gasteiger partial charge in [0.05, 0.1) is 27.6 Å². The van der Waals surface area contributed by atoms with Crippen LogP contribution in [0.5, 0.6) is 0 Å². The molecule has 4 N–H and O–H groups in total. The Balaban J connectivity index is 0.000000396. The fraction of sp³-hybridized carbons (Fsp3) is 0.438. The van der Waals surface area contributed by atoms with E-state index in [1.807, 2.05) is 0 Å². The zero-order chi connectivity index (χ0) is 25.2. The Kier molecular flexibility index (Phi) is 8.87. The molecule has 2 rings (SSSR count). The van der Waals surface area contributed by atoms with Gasteiger partial charge in [-0.05, 0) is 19.1 Å². The van der Waals surface area contributed by atoms with Crippen molar-refractivity contribution in [2.45, 2.75) is 25.8 Å². The Morgan fingerprint density at radius 2 is 1.59 bits per heavy atom. The third-order valence-electron chi connectivity index (χ3n) is 3.98. The molecule has 7 nitrogen and oxygen atoms in total. The summed E-state index contributed by atoms with van der Waals surface area (Å²) in [6, 6.07) is 1.56. The number of nitrogen functional groups attached to an aromatic ring is 1. The Bertz CT molecular complexity index is 1050. The van der Waals surface area contributed by atoms with Gasteiger partial charge >= 0.3 is 12.4 Å². The SMILES string of the molecule is CN(CC(F)(F)F)S(C)(=O)=O.Cc1c(CN)nn(-c2c(Cl)cc(C(F)(F)F)cc2Cl)c1N. The van der Waals surface area contributed by atoms with Gasteiger partial charge in [0.15, 0.2) is 0 Å². The van der Waals surface area contributed by atoms with Crippen molar-refractivity contribution in [1.82, 2.24) is 14.1 Å². The molecule has 0 aliphatic carbocycles. The first kappa shape index (κ1) is 28.3. The Morgan fingerprint density at radius 3 is 1.88 bits per heavy atom. The molecular weight excluding hydrogens is 511 g/mol. The van der Waals surface area contributed by atoms with E-state index in [2.05, 4.69) is 5.10 Å². The van der Waals surface area contributed by atoms with Crippen LogP contribution in [0, 0.1) is 6.92 Å². The van der Waals surface area contributed by atoms with Gasteiger partial charge < -0.3 is 11.5 Å². The highest BCUT2D eigenvalue weighted by molar-refractivity contribution is 7.88. The summed E-state index contributed by atoms with van der Waals surface area (Å²) in [6.45, 7) is 0.400. The van der Waals surface area contributed by atoms with Gasteiger partial charge in [0.25, 0.3) is 0 Å². The number of benzene rings is 1. The van der Waals surface area contributed by atoms with Crippen LogP contribution in [0.1, 0.15) is 16.8 Å². The van der Waals surface area contributed by atoms with Gasteiger partial charge in [-0.25, -0.2) is 13.1 Å². The Morgan fingerprint density at radius 1 is 1.12 bits per heavy atom. The molecule has 0 aliphatic heterocycles. The first-order valence-electron chi connectivity index (χ1n) is 8.38. The fourth-order valence-electron chi connectivity index (χ4n) is 2.22. The fourth-order valence-corrected chi connectivity index (χ4v) is 3.25. The minimum atomic E-state index is -4.54. The molecule has 16 heteroatoms. The molecule has 0 aliphatic rings. The van der Waals surface area contributed by atoms with Crippen LogP contribution in [0.2, 0.25) is 10.0 Å². The van der Waals surface area contributed by atoms with E-state index in [1.165, 1.54) is 4.68 Å². The lowest BCUT2D eigenvalue weighted by molar-refractivity contribution is -0.137. The normalized spacial score (nSPS) is 12.7. The standard InChI is InChI=1S/C12H11Cl2F3N4.C4H8F3NO2S/c1-5-9(4-18)20-21(11(5)19)10-7(13)2-6(3-8(10)14)12(15,16)17;1-8(11(2,9)10)3-4(5,6)7/h2-3H,4,18-19H2,1H3;3H2,1-2H3. The molecule has 0 unspecified atom stereocenters. The number of sulfonamides is 1. The maximum Gasteiger partial charge on any atom is 0.416 e. The van der Waals surface area contributed by atoms with Crippen molar-refractivity contribution in [2.75, 3.05) is 25.6 Å². The second-order valence-corrected chi connectivity index (χ2v) is 9.40. The summed E-state index contributed by atoms with van der Waals surface area (Å²) in [6.07, 6.45) is -8.30. The first-order valence-corrected chi connectivity index (χ1v) is 11.0. The molecule has 0 atom stereocenters. The molecule has 1 aromatic carbocycles. The number of hydrogen-bond donors (Lipinski definition) is 2. The molecule has 0 fully saturated rings. The third kappa shape index (κ3) is 7.40. The lowest BCUT2D eigenvalue weighted by atomic mass is 10.2. The van der Waals surface area contributed by atoms with Crippen molar-refractivity contribution in [3.8, 4) is 5.69 Å². The quantitative estimate of drug-likeness (QED) is 0.582. The Hall–Kier alpha value is -1.74. The van der Waals surface area contributed by atoms with Gasteiger partial charge in [-0.15, -0.1) is 0 Å². The predicted octanol–water partition coefficient (Wildman–Crippen LogP) is 3.99. The zero-order valence-corrected chi connectivity index (χ0v) is 19.1. The van der Waals surface area contributed by atoms with Crippen LogP contribution in [0.3, 0.4) is 0 Å². The van der Waals surface area contributed by atoms with E-state index in [0.29, 0.717) is 11.3 Å². The largest absolute Gasteiger partial charge is 0.416 e. The molecule has 0 saturated heterocycles. The number of alkyl halides is 6. The highest BCUT2D eigenvalue weighted by Gasteiger charge is 2.33. The summed E-state index contributed by atoms with van der Waals surface area (Å²) in [5.41, 5.74) is 11.7. The third-order valence-corrected chi connectivity index (χ3v) is 5.82. The number of anilines is 1. The monoisotopic (exact) mass is 529 g/mol. The van der Waals surface area contributed by atoms with E-state index >= 15 is 0 Å². The van der Waals surface area contributed by atoms with Gasteiger partial charge in [0.1, 0.15) is 18.1 Å². The highest BCUT2D eigenvalue weighted by atomic mass is 35.5. The van der Waals surface area contributed by atoms with Gasteiger partial charge in [0.2, 0.25) is 10.0 Å². The summed E-state index contributed by atoms with van der Waals surface area (Å²) in [5, 5.41) is 3.73. The van der Waals surface area contributed by atoms with Crippen molar-refractivity contribution in [3.63, 3.8) is 0 Å². The minimum Gasteiger partial charge on any atom is -0.383 e. The molecule has 2 aromatic rings. The number of aromatic nitrogens is 2.